The minimum Gasteiger partial charge on any atom is -0.481 e. The van der Waals surface area contributed by atoms with Gasteiger partial charge in [-0.3, -0.25) is 9.59 Å². The maximum atomic E-state index is 13.5. The van der Waals surface area contributed by atoms with E-state index in [0.29, 0.717) is 31.7 Å². The summed E-state index contributed by atoms with van der Waals surface area (Å²) in [6.07, 6.45) is 2.86. The molecule has 0 unspecified atom stereocenters. The summed E-state index contributed by atoms with van der Waals surface area (Å²) in [5.74, 6) is -0.785. The van der Waals surface area contributed by atoms with Crippen LogP contribution in [-0.2, 0) is 4.79 Å². The molecule has 2 amide bonds. The summed E-state index contributed by atoms with van der Waals surface area (Å²) in [6, 6.07) is 7.57. The molecule has 1 aromatic carbocycles. The fourth-order valence-corrected chi connectivity index (χ4v) is 2.52. The number of ether oxygens (including phenoxy) is 1. The zero-order valence-corrected chi connectivity index (χ0v) is 13.0. The Labute approximate surface area is 138 Å². The van der Waals surface area contributed by atoms with Crippen molar-refractivity contribution in [2.45, 2.75) is 0 Å². The number of furan rings is 1. The first kappa shape index (κ1) is 16.0. The number of carbonyl (C=O) groups excluding carboxylic acids is 2. The Morgan fingerprint density at radius 3 is 2.46 bits per heavy atom. The summed E-state index contributed by atoms with van der Waals surface area (Å²) in [5.41, 5.74) is 0.498. The first-order valence-corrected chi connectivity index (χ1v) is 7.62. The highest BCUT2D eigenvalue weighted by Crippen LogP contribution is 2.15. The summed E-state index contributed by atoms with van der Waals surface area (Å²) in [6.45, 7) is 1.49. The smallest absolute Gasteiger partial charge is 0.260 e. The number of hydrogen-bond donors (Lipinski definition) is 0. The van der Waals surface area contributed by atoms with Crippen LogP contribution in [0.1, 0.15) is 10.4 Å². The van der Waals surface area contributed by atoms with E-state index < -0.39 is 5.82 Å². The fourth-order valence-electron chi connectivity index (χ4n) is 2.52. The van der Waals surface area contributed by atoms with Gasteiger partial charge in [-0.05, 0) is 18.2 Å². The van der Waals surface area contributed by atoms with Crippen LogP contribution in [0.2, 0.25) is 0 Å². The van der Waals surface area contributed by atoms with Crippen molar-refractivity contribution in [1.29, 1.82) is 0 Å². The van der Waals surface area contributed by atoms with Crippen molar-refractivity contribution in [3.8, 4) is 5.75 Å². The van der Waals surface area contributed by atoms with E-state index in [4.69, 9.17) is 9.15 Å². The maximum absolute atomic E-state index is 13.5. The average Bonchev–Trinajstić information content (AvgIpc) is 3.15. The molecule has 0 radical (unpaired) electrons. The predicted octanol–water partition coefficient (Wildman–Crippen LogP) is 1.78. The van der Waals surface area contributed by atoms with E-state index in [1.54, 1.807) is 28.0 Å². The van der Waals surface area contributed by atoms with Crippen LogP contribution < -0.4 is 4.74 Å². The molecule has 126 valence electrons. The highest BCUT2D eigenvalue weighted by Gasteiger charge is 2.25. The monoisotopic (exact) mass is 332 g/mol. The molecule has 0 saturated carbocycles. The molecule has 1 saturated heterocycles. The van der Waals surface area contributed by atoms with Crippen LogP contribution in [0, 0.1) is 5.82 Å². The molecule has 24 heavy (non-hydrogen) atoms. The first-order chi connectivity index (χ1) is 11.6. The second-order valence-corrected chi connectivity index (χ2v) is 5.40. The lowest BCUT2D eigenvalue weighted by atomic mass is 10.2. The van der Waals surface area contributed by atoms with Gasteiger partial charge in [0, 0.05) is 26.2 Å². The molecular formula is C17H17FN2O4. The summed E-state index contributed by atoms with van der Waals surface area (Å²) < 4.78 is 23.6. The summed E-state index contributed by atoms with van der Waals surface area (Å²) >= 11 is 0. The molecule has 0 bridgehead atoms. The van der Waals surface area contributed by atoms with Crippen molar-refractivity contribution in [2.24, 2.45) is 0 Å². The fraction of sp³-hybridized carbons (Fsp3) is 0.294. The lowest BCUT2D eigenvalue weighted by Gasteiger charge is -2.34. The molecule has 0 spiro atoms. The molecule has 0 atom stereocenters. The number of halogens is 1. The van der Waals surface area contributed by atoms with Gasteiger partial charge < -0.3 is 19.0 Å². The van der Waals surface area contributed by atoms with E-state index >= 15 is 0 Å². The third kappa shape index (κ3) is 3.56. The Balaban J connectivity index is 1.48. The van der Waals surface area contributed by atoms with Crippen LogP contribution in [0.25, 0.3) is 0 Å². The van der Waals surface area contributed by atoms with Crippen LogP contribution in [0.15, 0.2) is 47.3 Å². The number of hydrogen-bond acceptors (Lipinski definition) is 4. The Morgan fingerprint density at radius 2 is 1.79 bits per heavy atom. The van der Waals surface area contributed by atoms with Gasteiger partial charge in [-0.1, -0.05) is 12.1 Å². The van der Waals surface area contributed by atoms with Crippen LogP contribution in [0.3, 0.4) is 0 Å². The third-order valence-electron chi connectivity index (χ3n) is 3.88. The maximum Gasteiger partial charge on any atom is 0.260 e. The lowest BCUT2D eigenvalue weighted by molar-refractivity contribution is -0.134. The molecule has 0 N–H and O–H groups in total. The van der Waals surface area contributed by atoms with Crippen molar-refractivity contribution in [2.75, 3.05) is 32.8 Å². The average molecular weight is 332 g/mol. The number of rotatable bonds is 4. The van der Waals surface area contributed by atoms with Gasteiger partial charge in [-0.2, -0.15) is 0 Å². The minimum absolute atomic E-state index is 0.0552. The number of nitrogens with zero attached hydrogens (tertiary/aromatic N) is 2. The number of benzene rings is 1. The number of piperazine rings is 1. The van der Waals surface area contributed by atoms with E-state index in [1.165, 1.54) is 24.7 Å². The Kier molecular flexibility index (Phi) is 4.79. The van der Waals surface area contributed by atoms with Crippen LogP contribution in [-0.4, -0.2) is 54.4 Å². The van der Waals surface area contributed by atoms with Gasteiger partial charge in [0.2, 0.25) is 0 Å². The SMILES string of the molecule is O=C(COc1ccccc1F)N1CCN(C(=O)c2ccoc2)CC1. The van der Waals surface area contributed by atoms with Crippen LogP contribution in [0.5, 0.6) is 5.75 Å². The molecule has 1 aliphatic heterocycles. The zero-order valence-electron chi connectivity index (χ0n) is 13.0. The van der Waals surface area contributed by atoms with E-state index in [9.17, 15) is 14.0 Å². The van der Waals surface area contributed by atoms with Gasteiger partial charge in [-0.15, -0.1) is 0 Å². The second kappa shape index (κ2) is 7.16. The molecule has 7 heteroatoms. The largest absolute Gasteiger partial charge is 0.481 e. The summed E-state index contributed by atoms with van der Waals surface area (Å²) in [7, 11) is 0. The normalized spacial score (nSPS) is 14.5. The summed E-state index contributed by atoms with van der Waals surface area (Å²) in [5, 5.41) is 0. The quantitative estimate of drug-likeness (QED) is 0.856. The number of para-hydroxylation sites is 1. The van der Waals surface area contributed by atoms with Crippen molar-refractivity contribution >= 4 is 11.8 Å². The van der Waals surface area contributed by atoms with Crippen molar-refractivity contribution in [3.63, 3.8) is 0 Å². The topological polar surface area (TPSA) is 63.0 Å². The Hall–Kier alpha value is -2.83. The zero-order chi connectivity index (χ0) is 16.9. The van der Waals surface area contributed by atoms with E-state index in [1.807, 2.05) is 0 Å². The highest BCUT2D eigenvalue weighted by molar-refractivity contribution is 5.94. The van der Waals surface area contributed by atoms with Gasteiger partial charge >= 0.3 is 0 Å². The molecule has 1 aromatic heterocycles. The molecule has 6 nitrogen and oxygen atoms in total. The van der Waals surface area contributed by atoms with Gasteiger partial charge in [0.15, 0.2) is 18.2 Å². The molecule has 1 fully saturated rings. The van der Waals surface area contributed by atoms with E-state index in [0.717, 1.165) is 0 Å². The van der Waals surface area contributed by atoms with E-state index in [2.05, 4.69) is 0 Å². The second-order valence-electron chi connectivity index (χ2n) is 5.40. The minimum atomic E-state index is -0.499. The first-order valence-electron chi connectivity index (χ1n) is 7.62. The standard InChI is InChI=1S/C17H17FN2O4/c18-14-3-1-2-4-15(14)24-12-16(21)19-6-8-20(9-7-19)17(22)13-5-10-23-11-13/h1-5,10-11H,6-9,12H2. The van der Waals surface area contributed by atoms with Crippen molar-refractivity contribution < 1.29 is 23.1 Å². The number of carbonyl (C=O) groups is 2. The lowest BCUT2D eigenvalue weighted by Crippen LogP contribution is -2.51. The molecule has 2 aromatic rings. The molecule has 3 rings (SSSR count). The molecule has 0 aliphatic carbocycles. The molecular weight excluding hydrogens is 315 g/mol. The number of amides is 2. The van der Waals surface area contributed by atoms with Gasteiger partial charge in [-0.25, -0.2) is 4.39 Å². The Bertz CT molecular complexity index is 709. The predicted molar refractivity (Wildman–Crippen MR) is 83.1 cm³/mol. The van der Waals surface area contributed by atoms with Crippen molar-refractivity contribution in [3.05, 3.63) is 54.2 Å². The van der Waals surface area contributed by atoms with Crippen LogP contribution in [0.4, 0.5) is 4.39 Å². The highest BCUT2D eigenvalue weighted by atomic mass is 19.1. The Morgan fingerprint density at radius 1 is 1.08 bits per heavy atom. The molecule has 2 heterocycles. The van der Waals surface area contributed by atoms with Gasteiger partial charge in [0.1, 0.15) is 6.26 Å². The van der Waals surface area contributed by atoms with Gasteiger partial charge in [0.05, 0.1) is 11.8 Å². The van der Waals surface area contributed by atoms with Crippen LogP contribution >= 0.6 is 0 Å². The molecule has 1 aliphatic rings. The van der Waals surface area contributed by atoms with E-state index in [-0.39, 0.29) is 24.2 Å². The van der Waals surface area contributed by atoms with Gasteiger partial charge in [0.25, 0.3) is 11.8 Å². The van der Waals surface area contributed by atoms with Crippen molar-refractivity contribution in [1.82, 2.24) is 9.80 Å². The third-order valence-corrected chi connectivity index (χ3v) is 3.88. The summed E-state index contributed by atoms with van der Waals surface area (Å²) in [4.78, 5) is 27.6.